The van der Waals surface area contributed by atoms with E-state index in [1.54, 1.807) is 6.92 Å². The van der Waals surface area contributed by atoms with Crippen molar-refractivity contribution in [1.29, 1.82) is 0 Å². The molecule has 17 heavy (non-hydrogen) atoms. The number of rotatable bonds is 2. The molecule has 2 aliphatic rings. The highest BCUT2D eigenvalue weighted by Crippen LogP contribution is 2.61. The standard InChI is InChI=1S/C15H22O2/c1-10(2)12-5-7-14(4)8-6-13(17)15(14,9-12)11(3)16/h12H,1,5-9H2,2-4H3/t12-,14+,15+/m1/s1. The van der Waals surface area contributed by atoms with E-state index >= 15 is 0 Å². The molecule has 0 aromatic heterocycles. The number of hydrogen-bond acceptors (Lipinski definition) is 2. The summed E-state index contributed by atoms with van der Waals surface area (Å²) in [4.78, 5) is 24.4. The Morgan fingerprint density at radius 2 is 2.00 bits per heavy atom. The SMILES string of the molecule is C=C(C)[C@@H]1CC[C@@]2(C)CCC(=O)[C@@]2(C(C)=O)C1. The molecule has 2 fully saturated rings. The van der Waals surface area contributed by atoms with Crippen LogP contribution in [0.25, 0.3) is 0 Å². The first-order valence-electron chi connectivity index (χ1n) is 6.53. The Labute approximate surface area is 103 Å². The van der Waals surface area contributed by atoms with Gasteiger partial charge in [-0.25, -0.2) is 0 Å². The lowest BCUT2D eigenvalue weighted by atomic mass is 9.53. The normalized spacial score (nSPS) is 41.1. The fraction of sp³-hybridized carbons (Fsp3) is 0.733. The van der Waals surface area contributed by atoms with Crippen LogP contribution in [-0.2, 0) is 9.59 Å². The summed E-state index contributed by atoms with van der Waals surface area (Å²) in [7, 11) is 0. The fourth-order valence-electron chi connectivity index (χ4n) is 4.00. The van der Waals surface area contributed by atoms with Crippen LogP contribution in [0.5, 0.6) is 0 Å². The minimum Gasteiger partial charge on any atom is -0.299 e. The number of hydrogen-bond donors (Lipinski definition) is 0. The van der Waals surface area contributed by atoms with Gasteiger partial charge in [-0.1, -0.05) is 19.1 Å². The molecule has 2 heteroatoms. The van der Waals surface area contributed by atoms with Crippen LogP contribution < -0.4 is 0 Å². The van der Waals surface area contributed by atoms with E-state index in [0.29, 0.717) is 18.8 Å². The zero-order valence-electron chi connectivity index (χ0n) is 11.1. The van der Waals surface area contributed by atoms with Gasteiger partial charge >= 0.3 is 0 Å². The van der Waals surface area contributed by atoms with Crippen molar-refractivity contribution in [2.45, 2.75) is 52.9 Å². The van der Waals surface area contributed by atoms with Crippen LogP contribution in [0.15, 0.2) is 12.2 Å². The second-order valence-electron chi connectivity index (χ2n) is 6.23. The van der Waals surface area contributed by atoms with Crippen molar-refractivity contribution < 1.29 is 9.59 Å². The maximum absolute atomic E-state index is 12.3. The first-order valence-corrected chi connectivity index (χ1v) is 6.53. The van der Waals surface area contributed by atoms with Gasteiger partial charge in [0, 0.05) is 6.42 Å². The molecule has 0 aromatic rings. The van der Waals surface area contributed by atoms with E-state index in [4.69, 9.17) is 0 Å². The van der Waals surface area contributed by atoms with E-state index < -0.39 is 5.41 Å². The van der Waals surface area contributed by atoms with Gasteiger partial charge in [-0.2, -0.15) is 0 Å². The van der Waals surface area contributed by atoms with Gasteiger partial charge in [-0.3, -0.25) is 9.59 Å². The third-order valence-electron chi connectivity index (χ3n) is 5.31. The van der Waals surface area contributed by atoms with Crippen molar-refractivity contribution >= 4 is 11.6 Å². The maximum Gasteiger partial charge on any atom is 0.146 e. The number of carbonyl (C=O) groups is 2. The van der Waals surface area contributed by atoms with Crippen LogP contribution in [-0.4, -0.2) is 11.6 Å². The summed E-state index contributed by atoms with van der Waals surface area (Å²) in [5, 5.41) is 0. The van der Waals surface area contributed by atoms with Crippen LogP contribution in [0.3, 0.4) is 0 Å². The summed E-state index contributed by atoms with van der Waals surface area (Å²) in [5.74, 6) is 0.598. The second kappa shape index (κ2) is 3.79. The summed E-state index contributed by atoms with van der Waals surface area (Å²) in [6.07, 6.45) is 4.23. The molecule has 2 aliphatic carbocycles. The molecular formula is C15H22O2. The third-order valence-corrected chi connectivity index (χ3v) is 5.31. The Morgan fingerprint density at radius 1 is 1.35 bits per heavy atom. The quantitative estimate of drug-likeness (QED) is 0.542. The molecule has 0 saturated heterocycles. The Hall–Kier alpha value is -0.920. The van der Waals surface area contributed by atoms with Crippen LogP contribution in [0.1, 0.15) is 52.9 Å². The van der Waals surface area contributed by atoms with Gasteiger partial charge < -0.3 is 0 Å². The molecular weight excluding hydrogens is 212 g/mol. The van der Waals surface area contributed by atoms with Crippen LogP contribution >= 0.6 is 0 Å². The third kappa shape index (κ3) is 1.53. The highest BCUT2D eigenvalue weighted by molar-refractivity contribution is 6.08. The zero-order valence-corrected chi connectivity index (χ0v) is 11.1. The van der Waals surface area contributed by atoms with Crippen molar-refractivity contribution in [3.63, 3.8) is 0 Å². The lowest BCUT2D eigenvalue weighted by molar-refractivity contribution is -0.147. The second-order valence-corrected chi connectivity index (χ2v) is 6.23. The molecule has 0 aliphatic heterocycles. The lowest BCUT2D eigenvalue weighted by Gasteiger charge is -2.47. The van der Waals surface area contributed by atoms with Gasteiger partial charge in [0.1, 0.15) is 11.6 Å². The molecule has 0 amide bonds. The smallest absolute Gasteiger partial charge is 0.146 e. The highest BCUT2D eigenvalue weighted by atomic mass is 16.2. The Bertz CT molecular complexity index is 396. The van der Waals surface area contributed by atoms with Crippen LogP contribution in [0.2, 0.25) is 0 Å². The van der Waals surface area contributed by atoms with Crippen molar-refractivity contribution in [1.82, 2.24) is 0 Å². The first-order chi connectivity index (χ1) is 7.83. The van der Waals surface area contributed by atoms with Crippen LogP contribution in [0.4, 0.5) is 0 Å². The predicted octanol–water partition coefficient (Wildman–Crippen LogP) is 3.31. The molecule has 0 heterocycles. The Morgan fingerprint density at radius 3 is 2.53 bits per heavy atom. The largest absolute Gasteiger partial charge is 0.299 e. The Balaban J connectivity index is 2.45. The maximum atomic E-state index is 12.3. The minimum atomic E-state index is -0.700. The molecule has 0 bridgehead atoms. The summed E-state index contributed by atoms with van der Waals surface area (Å²) in [6, 6.07) is 0. The number of carbonyl (C=O) groups excluding carboxylic acids is 2. The molecule has 2 nitrogen and oxygen atoms in total. The summed E-state index contributed by atoms with van der Waals surface area (Å²) >= 11 is 0. The first kappa shape index (κ1) is 12.5. The van der Waals surface area contributed by atoms with Crippen molar-refractivity contribution in [3.05, 3.63) is 12.2 Å². The number of allylic oxidation sites excluding steroid dienone is 1. The molecule has 0 spiro atoms. The van der Waals surface area contributed by atoms with Gasteiger partial charge in [0.25, 0.3) is 0 Å². The summed E-state index contributed by atoms with van der Waals surface area (Å²) in [6.45, 7) is 9.76. The highest BCUT2D eigenvalue weighted by Gasteiger charge is 2.62. The van der Waals surface area contributed by atoms with Crippen molar-refractivity contribution in [2.24, 2.45) is 16.7 Å². The number of fused-ring (bicyclic) bond motifs is 1. The topological polar surface area (TPSA) is 34.1 Å². The molecule has 0 N–H and O–H groups in total. The molecule has 94 valence electrons. The van der Waals surface area contributed by atoms with Crippen molar-refractivity contribution in [3.8, 4) is 0 Å². The van der Waals surface area contributed by atoms with E-state index in [1.807, 2.05) is 6.92 Å². The average molecular weight is 234 g/mol. The van der Waals surface area contributed by atoms with E-state index in [-0.39, 0.29) is 17.0 Å². The summed E-state index contributed by atoms with van der Waals surface area (Å²) in [5.41, 5.74) is 0.323. The van der Waals surface area contributed by atoms with E-state index in [2.05, 4.69) is 13.5 Å². The fourth-order valence-corrected chi connectivity index (χ4v) is 4.00. The monoisotopic (exact) mass is 234 g/mol. The minimum absolute atomic E-state index is 0.0773. The molecule has 0 radical (unpaired) electrons. The van der Waals surface area contributed by atoms with E-state index in [1.165, 1.54) is 0 Å². The number of Topliss-reactive ketones (excluding diaryl/α,β-unsaturated/α-hetero) is 2. The average Bonchev–Trinajstić information content (AvgIpc) is 2.52. The molecule has 2 rings (SSSR count). The summed E-state index contributed by atoms with van der Waals surface area (Å²) < 4.78 is 0. The molecule has 0 aromatic carbocycles. The van der Waals surface area contributed by atoms with E-state index in [0.717, 1.165) is 24.8 Å². The Kier molecular flexibility index (Phi) is 2.80. The predicted molar refractivity (Wildman–Crippen MR) is 67.6 cm³/mol. The lowest BCUT2D eigenvalue weighted by Crippen LogP contribution is -2.50. The number of ketones is 2. The van der Waals surface area contributed by atoms with Gasteiger partial charge in [-0.05, 0) is 50.9 Å². The van der Waals surface area contributed by atoms with Gasteiger partial charge in [-0.15, -0.1) is 0 Å². The molecule has 3 atom stereocenters. The molecule has 2 saturated carbocycles. The van der Waals surface area contributed by atoms with Crippen LogP contribution in [0, 0.1) is 16.7 Å². The van der Waals surface area contributed by atoms with Gasteiger partial charge in [0.2, 0.25) is 0 Å². The van der Waals surface area contributed by atoms with Crippen molar-refractivity contribution in [2.75, 3.05) is 0 Å². The van der Waals surface area contributed by atoms with Gasteiger partial charge in [0.05, 0.1) is 5.41 Å². The van der Waals surface area contributed by atoms with Gasteiger partial charge in [0.15, 0.2) is 0 Å². The zero-order chi connectivity index (χ0) is 12.8. The van der Waals surface area contributed by atoms with E-state index in [9.17, 15) is 9.59 Å². The molecule has 0 unspecified atom stereocenters.